The van der Waals surface area contributed by atoms with Crippen molar-refractivity contribution in [3.05, 3.63) is 57.0 Å². The van der Waals surface area contributed by atoms with E-state index in [-0.39, 0.29) is 0 Å². The fourth-order valence-electron chi connectivity index (χ4n) is 1.87. The standard InChI is InChI=1S/C14H10F5NOS/c1-6(8-3-2-4-22-8)20-9(21)5-7-10(15)12(17)14(19)13(18)11(7)16/h2-4,6H,5H2,1H3,(H,20,21). The molecule has 1 aromatic heterocycles. The first kappa shape index (κ1) is 16.4. The van der Waals surface area contributed by atoms with Gasteiger partial charge in [0.2, 0.25) is 11.7 Å². The molecule has 0 spiro atoms. The van der Waals surface area contributed by atoms with Gasteiger partial charge in [-0.2, -0.15) is 0 Å². The van der Waals surface area contributed by atoms with Crippen LogP contribution in [-0.4, -0.2) is 5.91 Å². The lowest BCUT2D eigenvalue weighted by atomic mass is 10.1. The Labute approximate surface area is 126 Å². The molecule has 0 saturated carbocycles. The molecule has 2 aromatic rings. The van der Waals surface area contributed by atoms with Crippen molar-refractivity contribution in [2.45, 2.75) is 19.4 Å². The van der Waals surface area contributed by atoms with Crippen LogP contribution in [-0.2, 0) is 11.2 Å². The first-order valence-corrected chi connectivity index (χ1v) is 7.04. The third-order valence-corrected chi connectivity index (χ3v) is 4.04. The van der Waals surface area contributed by atoms with Gasteiger partial charge in [0.25, 0.3) is 0 Å². The summed E-state index contributed by atoms with van der Waals surface area (Å²) in [5.74, 6) is -11.2. The minimum atomic E-state index is -2.24. The van der Waals surface area contributed by atoms with Crippen LogP contribution in [0.25, 0.3) is 0 Å². The number of thiophene rings is 1. The molecule has 1 unspecified atom stereocenters. The highest BCUT2D eigenvalue weighted by atomic mass is 32.1. The lowest BCUT2D eigenvalue weighted by Gasteiger charge is -2.13. The second-order valence-corrected chi connectivity index (χ2v) is 5.51. The number of hydrogen-bond acceptors (Lipinski definition) is 2. The lowest BCUT2D eigenvalue weighted by Crippen LogP contribution is -2.28. The second kappa shape index (κ2) is 6.43. The molecule has 0 bridgehead atoms. The Bertz CT molecular complexity index is 673. The third kappa shape index (κ3) is 3.11. The maximum absolute atomic E-state index is 13.5. The van der Waals surface area contributed by atoms with Gasteiger partial charge in [-0.25, -0.2) is 22.0 Å². The molecule has 1 aromatic carbocycles. The Morgan fingerprint density at radius 1 is 1.09 bits per heavy atom. The summed E-state index contributed by atoms with van der Waals surface area (Å²) in [6.45, 7) is 1.64. The van der Waals surface area contributed by atoms with E-state index in [1.165, 1.54) is 11.3 Å². The van der Waals surface area contributed by atoms with Gasteiger partial charge in [-0.05, 0) is 18.4 Å². The van der Waals surface area contributed by atoms with Gasteiger partial charge in [0.15, 0.2) is 23.3 Å². The smallest absolute Gasteiger partial charge is 0.225 e. The summed E-state index contributed by atoms with van der Waals surface area (Å²) in [6.07, 6.45) is -0.943. The first-order valence-electron chi connectivity index (χ1n) is 6.16. The summed E-state index contributed by atoms with van der Waals surface area (Å²) < 4.78 is 65.9. The highest BCUT2D eigenvalue weighted by Gasteiger charge is 2.27. The van der Waals surface area contributed by atoms with Crippen molar-refractivity contribution in [2.24, 2.45) is 0 Å². The summed E-state index contributed by atoms with van der Waals surface area (Å²) in [6, 6.07) is 3.06. The van der Waals surface area contributed by atoms with Crippen molar-refractivity contribution < 1.29 is 26.7 Å². The van der Waals surface area contributed by atoms with Gasteiger partial charge < -0.3 is 5.32 Å². The van der Waals surface area contributed by atoms with Gasteiger partial charge in [0, 0.05) is 10.4 Å². The van der Waals surface area contributed by atoms with Crippen LogP contribution in [0.1, 0.15) is 23.4 Å². The molecular formula is C14H10F5NOS. The number of rotatable bonds is 4. The number of hydrogen-bond donors (Lipinski definition) is 1. The van der Waals surface area contributed by atoms with Gasteiger partial charge in [-0.3, -0.25) is 4.79 Å². The number of carbonyl (C=O) groups is 1. The summed E-state index contributed by atoms with van der Waals surface area (Å²) in [5.41, 5.74) is -1.15. The monoisotopic (exact) mass is 335 g/mol. The van der Waals surface area contributed by atoms with Crippen LogP contribution in [0.15, 0.2) is 17.5 Å². The predicted molar refractivity (Wildman–Crippen MR) is 70.8 cm³/mol. The van der Waals surface area contributed by atoms with Gasteiger partial charge in [0.05, 0.1) is 12.5 Å². The lowest BCUT2D eigenvalue weighted by molar-refractivity contribution is -0.121. The van der Waals surface area contributed by atoms with Crippen LogP contribution in [0, 0.1) is 29.1 Å². The summed E-state index contributed by atoms with van der Waals surface area (Å²) >= 11 is 1.36. The van der Waals surface area contributed by atoms with E-state index in [1.54, 1.807) is 24.4 Å². The van der Waals surface area contributed by atoms with Crippen molar-refractivity contribution in [3.63, 3.8) is 0 Å². The van der Waals surface area contributed by atoms with E-state index in [2.05, 4.69) is 5.32 Å². The average Bonchev–Trinajstić information content (AvgIpc) is 3.02. The van der Waals surface area contributed by atoms with E-state index in [0.717, 1.165) is 4.88 Å². The molecule has 118 valence electrons. The van der Waals surface area contributed by atoms with E-state index in [9.17, 15) is 26.7 Å². The van der Waals surface area contributed by atoms with Crippen molar-refractivity contribution in [1.29, 1.82) is 0 Å². The van der Waals surface area contributed by atoms with Gasteiger partial charge in [-0.15, -0.1) is 11.3 Å². The molecule has 1 atom stereocenters. The molecule has 0 radical (unpaired) electrons. The number of nitrogens with one attached hydrogen (secondary N) is 1. The van der Waals surface area contributed by atoms with Crippen molar-refractivity contribution in [3.8, 4) is 0 Å². The van der Waals surface area contributed by atoms with Crippen LogP contribution in [0.5, 0.6) is 0 Å². The molecule has 0 saturated heterocycles. The predicted octanol–water partition coefficient (Wildman–Crippen LogP) is 3.86. The first-order chi connectivity index (χ1) is 10.3. The van der Waals surface area contributed by atoms with E-state index in [0.29, 0.717) is 0 Å². The average molecular weight is 335 g/mol. The SMILES string of the molecule is CC(NC(=O)Cc1c(F)c(F)c(F)c(F)c1F)c1cccs1. The maximum atomic E-state index is 13.5. The molecule has 2 rings (SSSR count). The highest BCUT2D eigenvalue weighted by molar-refractivity contribution is 7.10. The van der Waals surface area contributed by atoms with E-state index in [4.69, 9.17) is 0 Å². The fourth-order valence-corrected chi connectivity index (χ4v) is 2.60. The molecule has 1 N–H and O–H groups in total. The van der Waals surface area contributed by atoms with Crippen LogP contribution in [0.3, 0.4) is 0 Å². The topological polar surface area (TPSA) is 29.1 Å². The molecule has 2 nitrogen and oxygen atoms in total. The Morgan fingerprint density at radius 3 is 2.14 bits per heavy atom. The zero-order valence-corrected chi connectivity index (χ0v) is 12.0. The second-order valence-electron chi connectivity index (χ2n) is 4.53. The molecule has 1 amide bonds. The molecule has 1 heterocycles. The number of amides is 1. The van der Waals surface area contributed by atoms with Crippen molar-refractivity contribution in [1.82, 2.24) is 5.32 Å². The molecule has 8 heteroatoms. The Morgan fingerprint density at radius 2 is 1.64 bits per heavy atom. The molecular weight excluding hydrogens is 325 g/mol. The van der Waals surface area contributed by atoms with Gasteiger partial charge in [-0.1, -0.05) is 6.07 Å². The largest absolute Gasteiger partial charge is 0.348 e. The van der Waals surface area contributed by atoms with Gasteiger partial charge >= 0.3 is 0 Å². The van der Waals surface area contributed by atoms with Crippen molar-refractivity contribution in [2.75, 3.05) is 0 Å². The number of carbonyl (C=O) groups excluding carboxylic acids is 1. The van der Waals surface area contributed by atoms with E-state index in [1.807, 2.05) is 0 Å². The Balaban J connectivity index is 2.19. The molecule has 0 fully saturated rings. The maximum Gasteiger partial charge on any atom is 0.225 e. The highest BCUT2D eigenvalue weighted by Crippen LogP contribution is 2.24. The van der Waals surface area contributed by atoms with Crippen molar-refractivity contribution >= 4 is 17.2 Å². The minimum absolute atomic E-state index is 0.436. The number of benzene rings is 1. The summed E-state index contributed by atoms with van der Waals surface area (Å²) in [7, 11) is 0. The quantitative estimate of drug-likeness (QED) is 0.513. The van der Waals surface area contributed by atoms with Crippen LogP contribution >= 0.6 is 11.3 Å². The Kier molecular flexibility index (Phi) is 4.80. The fraction of sp³-hybridized carbons (Fsp3) is 0.214. The molecule has 0 aliphatic rings. The van der Waals surface area contributed by atoms with Gasteiger partial charge in [0.1, 0.15) is 0 Å². The van der Waals surface area contributed by atoms with E-state index >= 15 is 0 Å². The molecule has 0 aliphatic heterocycles. The van der Waals surface area contributed by atoms with Crippen LogP contribution in [0.2, 0.25) is 0 Å². The number of halogens is 5. The third-order valence-electron chi connectivity index (χ3n) is 2.99. The normalized spacial score (nSPS) is 12.3. The Hall–Kier alpha value is -1.96. The zero-order chi connectivity index (χ0) is 16.4. The zero-order valence-electron chi connectivity index (χ0n) is 11.2. The van der Waals surface area contributed by atoms with Crippen LogP contribution < -0.4 is 5.32 Å². The molecule has 22 heavy (non-hydrogen) atoms. The van der Waals surface area contributed by atoms with E-state index < -0.39 is 53.0 Å². The van der Waals surface area contributed by atoms with Crippen LogP contribution in [0.4, 0.5) is 22.0 Å². The summed E-state index contributed by atoms with van der Waals surface area (Å²) in [4.78, 5) is 12.5. The molecule has 0 aliphatic carbocycles. The minimum Gasteiger partial charge on any atom is -0.348 e. The summed E-state index contributed by atoms with van der Waals surface area (Å²) in [5, 5.41) is 4.22.